The quantitative estimate of drug-likeness (QED) is 0.0261. The van der Waals surface area contributed by atoms with Gasteiger partial charge < -0.3 is 14.2 Å². The zero-order valence-corrected chi connectivity index (χ0v) is 47.8. The average molecular weight is 998 g/mol. The van der Waals surface area contributed by atoms with Crippen molar-refractivity contribution in [3.8, 4) is 0 Å². The highest BCUT2D eigenvalue weighted by Crippen LogP contribution is 2.17. The van der Waals surface area contributed by atoms with Crippen LogP contribution in [-0.4, -0.2) is 37.2 Å². The summed E-state index contributed by atoms with van der Waals surface area (Å²) in [6.07, 6.45) is 72.9. The van der Waals surface area contributed by atoms with Crippen LogP contribution < -0.4 is 0 Å². The van der Waals surface area contributed by atoms with Gasteiger partial charge in [0.15, 0.2) is 6.10 Å². The molecule has 0 aliphatic heterocycles. The summed E-state index contributed by atoms with van der Waals surface area (Å²) in [7, 11) is 0. The molecule has 0 aliphatic rings. The Labute approximate surface area is 442 Å². The molecule has 0 fully saturated rings. The number of rotatable bonds is 58. The van der Waals surface area contributed by atoms with Crippen LogP contribution in [0.3, 0.4) is 0 Å². The van der Waals surface area contributed by atoms with Crippen molar-refractivity contribution in [1.29, 1.82) is 0 Å². The molecule has 0 bridgehead atoms. The predicted octanol–water partition coefficient (Wildman–Crippen LogP) is 21.2. The molecule has 416 valence electrons. The lowest BCUT2D eigenvalue weighted by atomic mass is 10.0. The van der Waals surface area contributed by atoms with E-state index in [1.807, 2.05) is 0 Å². The van der Waals surface area contributed by atoms with Crippen molar-refractivity contribution >= 4 is 17.9 Å². The van der Waals surface area contributed by atoms with Gasteiger partial charge in [-0.05, 0) is 77.0 Å². The standard InChI is InChI=1S/C65H120O6/c1-4-7-10-13-16-19-22-25-27-28-29-30-31-32-33-34-35-36-38-40-43-46-49-52-55-58-64(67)70-61-62(60-69-63(66)57-54-51-48-45-42-39-24-21-18-15-12-9-6-3)71-65(68)59-56-53-50-47-44-41-37-26-23-20-17-14-11-8-5-2/h22,25-26,28-29,37,62H,4-21,23-24,27,30-36,38-61H2,1-3H3/b25-22-,29-28-,37-26-. The van der Waals surface area contributed by atoms with E-state index in [9.17, 15) is 14.4 Å². The minimum Gasteiger partial charge on any atom is -0.462 e. The number of carbonyl (C=O) groups excluding carboxylic acids is 3. The van der Waals surface area contributed by atoms with Gasteiger partial charge in [-0.15, -0.1) is 0 Å². The summed E-state index contributed by atoms with van der Waals surface area (Å²) in [6, 6.07) is 0. The first-order valence-corrected chi connectivity index (χ1v) is 31.5. The third-order valence-corrected chi connectivity index (χ3v) is 14.1. The molecule has 0 amide bonds. The molecule has 0 saturated carbocycles. The first-order chi connectivity index (χ1) is 35.0. The molecule has 0 N–H and O–H groups in total. The van der Waals surface area contributed by atoms with Gasteiger partial charge in [0.1, 0.15) is 13.2 Å². The average Bonchev–Trinajstić information content (AvgIpc) is 3.37. The van der Waals surface area contributed by atoms with Crippen LogP contribution in [0.5, 0.6) is 0 Å². The molecule has 0 aromatic carbocycles. The highest BCUT2D eigenvalue weighted by Gasteiger charge is 2.19. The lowest BCUT2D eigenvalue weighted by Crippen LogP contribution is -2.30. The second kappa shape index (κ2) is 60.2. The largest absolute Gasteiger partial charge is 0.462 e. The molecule has 0 aliphatic carbocycles. The Balaban J connectivity index is 4.24. The number of unbranched alkanes of at least 4 members (excludes halogenated alkanes) is 41. The van der Waals surface area contributed by atoms with Crippen LogP contribution in [-0.2, 0) is 28.6 Å². The zero-order valence-electron chi connectivity index (χ0n) is 47.8. The van der Waals surface area contributed by atoms with Crippen LogP contribution >= 0.6 is 0 Å². The van der Waals surface area contributed by atoms with Crippen molar-refractivity contribution in [2.75, 3.05) is 13.2 Å². The van der Waals surface area contributed by atoms with Crippen LogP contribution in [0, 0.1) is 0 Å². The fraction of sp³-hybridized carbons (Fsp3) is 0.862. The molecule has 0 radical (unpaired) electrons. The van der Waals surface area contributed by atoms with Gasteiger partial charge in [0, 0.05) is 19.3 Å². The van der Waals surface area contributed by atoms with E-state index in [4.69, 9.17) is 14.2 Å². The molecular formula is C65H120O6. The van der Waals surface area contributed by atoms with Crippen LogP contribution in [0.25, 0.3) is 0 Å². The second-order valence-electron chi connectivity index (χ2n) is 21.3. The Morgan fingerprint density at radius 3 is 0.789 bits per heavy atom. The van der Waals surface area contributed by atoms with E-state index in [2.05, 4.69) is 57.2 Å². The number of hydrogen-bond donors (Lipinski definition) is 0. The Morgan fingerprint density at radius 2 is 0.507 bits per heavy atom. The van der Waals surface area contributed by atoms with Crippen LogP contribution in [0.1, 0.15) is 342 Å². The van der Waals surface area contributed by atoms with Gasteiger partial charge in [-0.3, -0.25) is 14.4 Å². The van der Waals surface area contributed by atoms with Crippen molar-refractivity contribution in [1.82, 2.24) is 0 Å². The molecule has 0 rings (SSSR count). The van der Waals surface area contributed by atoms with E-state index in [-0.39, 0.29) is 31.1 Å². The fourth-order valence-electron chi connectivity index (χ4n) is 9.35. The fourth-order valence-corrected chi connectivity index (χ4v) is 9.35. The van der Waals surface area contributed by atoms with Crippen molar-refractivity contribution in [2.45, 2.75) is 348 Å². The molecule has 0 saturated heterocycles. The van der Waals surface area contributed by atoms with Crippen molar-refractivity contribution in [2.24, 2.45) is 0 Å². The normalized spacial score (nSPS) is 12.2. The highest BCUT2D eigenvalue weighted by atomic mass is 16.6. The minimum absolute atomic E-state index is 0.0711. The number of hydrogen-bond acceptors (Lipinski definition) is 6. The topological polar surface area (TPSA) is 78.9 Å². The van der Waals surface area contributed by atoms with Crippen LogP contribution in [0.2, 0.25) is 0 Å². The lowest BCUT2D eigenvalue weighted by Gasteiger charge is -2.18. The van der Waals surface area contributed by atoms with E-state index >= 15 is 0 Å². The molecule has 71 heavy (non-hydrogen) atoms. The maximum absolute atomic E-state index is 12.9. The molecule has 1 atom stereocenters. The number of ether oxygens (including phenoxy) is 3. The van der Waals surface area contributed by atoms with E-state index in [0.717, 1.165) is 70.6 Å². The van der Waals surface area contributed by atoms with Crippen molar-refractivity contribution in [3.05, 3.63) is 36.5 Å². The van der Waals surface area contributed by atoms with Gasteiger partial charge in [-0.1, -0.05) is 282 Å². The first-order valence-electron chi connectivity index (χ1n) is 31.5. The smallest absolute Gasteiger partial charge is 0.306 e. The highest BCUT2D eigenvalue weighted by molar-refractivity contribution is 5.71. The van der Waals surface area contributed by atoms with Gasteiger partial charge in [-0.25, -0.2) is 0 Å². The second-order valence-corrected chi connectivity index (χ2v) is 21.3. The number of allylic oxidation sites excluding steroid dienone is 6. The molecule has 1 unspecified atom stereocenters. The Kier molecular flexibility index (Phi) is 58.2. The van der Waals surface area contributed by atoms with Gasteiger partial charge in [0.05, 0.1) is 0 Å². The van der Waals surface area contributed by atoms with Gasteiger partial charge in [0.25, 0.3) is 0 Å². The van der Waals surface area contributed by atoms with Gasteiger partial charge in [-0.2, -0.15) is 0 Å². The van der Waals surface area contributed by atoms with Crippen LogP contribution in [0.15, 0.2) is 36.5 Å². The summed E-state index contributed by atoms with van der Waals surface area (Å²) in [5.74, 6) is -0.859. The van der Waals surface area contributed by atoms with E-state index in [0.29, 0.717) is 19.3 Å². The first kappa shape index (κ1) is 68.6. The van der Waals surface area contributed by atoms with E-state index in [1.54, 1.807) is 0 Å². The summed E-state index contributed by atoms with van der Waals surface area (Å²) in [5, 5.41) is 0. The van der Waals surface area contributed by atoms with E-state index < -0.39 is 6.10 Å². The summed E-state index contributed by atoms with van der Waals surface area (Å²) in [5.41, 5.74) is 0. The third-order valence-electron chi connectivity index (χ3n) is 14.1. The van der Waals surface area contributed by atoms with E-state index in [1.165, 1.54) is 231 Å². The Morgan fingerprint density at radius 1 is 0.282 bits per heavy atom. The molecule has 0 aromatic heterocycles. The maximum Gasteiger partial charge on any atom is 0.306 e. The molecule has 0 spiro atoms. The van der Waals surface area contributed by atoms with Gasteiger partial charge in [0.2, 0.25) is 0 Å². The zero-order chi connectivity index (χ0) is 51.4. The minimum atomic E-state index is -0.773. The summed E-state index contributed by atoms with van der Waals surface area (Å²) in [6.45, 7) is 6.67. The Bertz CT molecular complexity index is 1190. The Hall–Kier alpha value is -2.37. The molecule has 0 heterocycles. The summed E-state index contributed by atoms with van der Waals surface area (Å²) >= 11 is 0. The van der Waals surface area contributed by atoms with Gasteiger partial charge >= 0.3 is 17.9 Å². The molecule has 6 nitrogen and oxygen atoms in total. The van der Waals surface area contributed by atoms with Crippen molar-refractivity contribution in [3.63, 3.8) is 0 Å². The third kappa shape index (κ3) is 58.4. The molecule has 6 heteroatoms. The monoisotopic (exact) mass is 997 g/mol. The summed E-state index contributed by atoms with van der Waals surface area (Å²) in [4.78, 5) is 38.2. The van der Waals surface area contributed by atoms with Crippen LogP contribution in [0.4, 0.5) is 0 Å². The lowest BCUT2D eigenvalue weighted by molar-refractivity contribution is -0.167. The molecular weight excluding hydrogens is 877 g/mol. The number of esters is 3. The SMILES string of the molecule is CCCCCCC/C=C\C/C=C\CCCCCCCCCCCCCCCC(=O)OCC(COC(=O)CCCCCCCCCCCCCCC)OC(=O)CCCCCCC/C=C\CCCCCCCC. The van der Waals surface area contributed by atoms with Crippen molar-refractivity contribution < 1.29 is 28.6 Å². The number of carbonyl (C=O) groups is 3. The maximum atomic E-state index is 12.9. The predicted molar refractivity (Wildman–Crippen MR) is 307 cm³/mol. The summed E-state index contributed by atoms with van der Waals surface area (Å²) < 4.78 is 16.9. The molecule has 0 aromatic rings.